The molecule has 0 aliphatic carbocycles. The van der Waals surface area contributed by atoms with Crippen LogP contribution in [0.2, 0.25) is 0 Å². The predicted octanol–water partition coefficient (Wildman–Crippen LogP) is 1.50. The number of unbranched alkanes of at least 4 members (excludes halogenated alkanes) is 1. The second-order valence-electron chi connectivity index (χ2n) is 3.82. The zero-order chi connectivity index (χ0) is 12.5. The minimum Gasteiger partial charge on any atom is -0.396 e. The summed E-state index contributed by atoms with van der Waals surface area (Å²) in [5.74, 6) is 0. The van der Waals surface area contributed by atoms with Crippen molar-refractivity contribution >= 4 is 5.69 Å². The van der Waals surface area contributed by atoms with Crippen LogP contribution in [0, 0.1) is 10.1 Å². The van der Waals surface area contributed by atoms with E-state index in [2.05, 4.69) is 5.32 Å². The van der Waals surface area contributed by atoms with E-state index in [1.165, 1.54) is 6.07 Å². The van der Waals surface area contributed by atoms with Crippen LogP contribution in [0.3, 0.4) is 0 Å². The van der Waals surface area contributed by atoms with Gasteiger partial charge in [-0.1, -0.05) is 18.2 Å². The Hall–Kier alpha value is -1.46. The van der Waals surface area contributed by atoms with E-state index in [1.54, 1.807) is 12.1 Å². The Bertz CT molecular complexity index is 355. The van der Waals surface area contributed by atoms with Crippen LogP contribution in [-0.2, 0) is 6.42 Å². The molecule has 94 valence electrons. The predicted molar refractivity (Wildman–Crippen MR) is 66.0 cm³/mol. The first-order chi connectivity index (χ1) is 8.25. The lowest BCUT2D eigenvalue weighted by atomic mass is 10.1. The molecule has 0 radical (unpaired) electrons. The number of hydrogen-bond acceptors (Lipinski definition) is 4. The highest BCUT2D eigenvalue weighted by atomic mass is 16.6. The molecule has 0 amide bonds. The molecule has 5 nitrogen and oxygen atoms in total. The summed E-state index contributed by atoms with van der Waals surface area (Å²) in [6, 6.07) is 6.80. The number of nitro groups is 1. The summed E-state index contributed by atoms with van der Waals surface area (Å²) < 4.78 is 0. The fourth-order valence-corrected chi connectivity index (χ4v) is 1.61. The van der Waals surface area contributed by atoms with Crippen molar-refractivity contribution < 1.29 is 10.0 Å². The molecule has 0 heterocycles. The van der Waals surface area contributed by atoms with Gasteiger partial charge in [-0.2, -0.15) is 0 Å². The Morgan fingerprint density at radius 1 is 1.24 bits per heavy atom. The SMILES string of the molecule is O=[N+]([O-])c1ccccc1CCNCCCCO. The second kappa shape index (κ2) is 7.76. The zero-order valence-electron chi connectivity index (χ0n) is 9.76. The van der Waals surface area contributed by atoms with Crippen LogP contribution in [0.1, 0.15) is 18.4 Å². The van der Waals surface area contributed by atoms with E-state index in [9.17, 15) is 10.1 Å². The first-order valence-corrected chi connectivity index (χ1v) is 5.79. The number of nitrogens with one attached hydrogen (secondary N) is 1. The molecule has 5 heteroatoms. The number of rotatable bonds is 8. The van der Waals surface area contributed by atoms with E-state index < -0.39 is 0 Å². The lowest BCUT2D eigenvalue weighted by molar-refractivity contribution is -0.385. The molecule has 0 saturated heterocycles. The highest BCUT2D eigenvalue weighted by Gasteiger charge is 2.10. The smallest absolute Gasteiger partial charge is 0.272 e. The lowest BCUT2D eigenvalue weighted by Gasteiger charge is -2.04. The topological polar surface area (TPSA) is 75.4 Å². The summed E-state index contributed by atoms with van der Waals surface area (Å²) in [6.45, 7) is 1.77. The highest BCUT2D eigenvalue weighted by Crippen LogP contribution is 2.17. The van der Waals surface area contributed by atoms with Crippen molar-refractivity contribution in [3.05, 3.63) is 39.9 Å². The summed E-state index contributed by atoms with van der Waals surface area (Å²) >= 11 is 0. The quantitative estimate of drug-likeness (QED) is 0.409. The molecular weight excluding hydrogens is 220 g/mol. The van der Waals surface area contributed by atoms with E-state index >= 15 is 0 Å². The first-order valence-electron chi connectivity index (χ1n) is 5.79. The molecule has 0 spiro atoms. The zero-order valence-corrected chi connectivity index (χ0v) is 9.76. The van der Waals surface area contributed by atoms with Gasteiger partial charge in [-0.15, -0.1) is 0 Å². The molecule has 0 aromatic heterocycles. The Labute approximate surface area is 101 Å². The number of benzene rings is 1. The van der Waals surface area contributed by atoms with Crippen molar-refractivity contribution in [1.82, 2.24) is 5.32 Å². The van der Waals surface area contributed by atoms with Crippen molar-refractivity contribution in [2.75, 3.05) is 19.7 Å². The minimum atomic E-state index is -0.346. The van der Waals surface area contributed by atoms with E-state index in [0.717, 1.165) is 31.5 Å². The van der Waals surface area contributed by atoms with Gasteiger partial charge in [0.15, 0.2) is 0 Å². The third kappa shape index (κ3) is 4.93. The molecule has 0 saturated carbocycles. The van der Waals surface area contributed by atoms with Gasteiger partial charge in [0.2, 0.25) is 0 Å². The van der Waals surface area contributed by atoms with Crippen molar-refractivity contribution in [3.8, 4) is 0 Å². The third-order valence-corrected chi connectivity index (χ3v) is 2.52. The Balaban J connectivity index is 2.34. The molecular formula is C12H18N2O3. The highest BCUT2D eigenvalue weighted by molar-refractivity contribution is 5.39. The molecule has 0 bridgehead atoms. The van der Waals surface area contributed by atoms with Gasteiger partial charge >= 0.3 is 0 Å². The number of nitrogens with zero attached hydrogens (tertiary/aromatic N) is 1. The van der Waals surface area contributed by atoms with Crippen LogP contribution < -0.4 is 5.32 Å². The Kier molecular flexibility index (Phi) is 6.21. The van der Waals surface area contributed by atoms with Gasteiger partial charge in [0.05, 0.1) is 4.92 Å². The number of nitro benzene ring substituents is 1. The van der Waals surface area contributed by atoms with Crippen LogP contribution in [0.25, 0.3) is 0 Å². The summed E-state index contributed by atoms with van der Waals surface area (Å²) in [7, 11) is 0. The van der Waals surface area contributed by atoms with Gasteiger partial charge in [-0.25, -0.2) is 0 Å². The lowest BCUT2D eigenvalue weighted by Crippen LogP contribution is -2.19. The van der Waals surface area contributed by atoms with Gasteiger partial charge in [0.1, 0.15) is 0 Å². The molecule has 0 atom stereocenters. The fourth-order valence-electron chi connectivity index (χ4n) is 1.61. The monoisotopic (exact) mass is 238 g/mol. The maximum atomic E-state index is 10.8. The molecule has 2 N–H and O–H groups in total. The largest absolute Gasteiger partial charge is 0.396 e. The summed E-state index contributed by atoms with van der Waals surface area (Å²) in [6.07, 6.45) is 2.36. The fraction of sp³-hybridized carbons (Fsp3) is 0.500. The van der Waals surface area contributed by atoms with Crippen LogP contribution >= 0.6 is 0 Å². The molecule has 0 aliphatic heterocycles. The molecule has 0 unspecified atom stereocenters. The summed E-state index contributed by atoms with van der Waals surface area (Å²) in [5.41, 5.74) is 0.941. The van der Waals surface area contributed by atoms with Crippen molar-refractivity contribution in [3.63, 3.8) is 0 Å². The van der Waals surface area contributed by atoms with E-state index in [1.807, 2.05) is 6.07 Å². The van der Waals surface area contributed by atoms with Crippen LogP contribution in [0.4, 0.5) is 5.69 Å². The molecule has 0 aliphatic rings. The van der Waals surface area contributed by atoms with Crippen LogP contribution in [0.5, 0.6) is 0 Å². The average Bonchev–Trinajstić information content (AvgIpc) is 2.34. The van der Waals surface area contributed by atoms with E-state index in [0.29, 0.717) is 6.42 Å². The van der Waals surface area contributed by atoms with Crippen molar-refractivity contribution in [2.24, 2.45) is 0 Å². The van der Waals surface area contributed by atoms with Gasteiger partial charge in [-0.05, 0) is 32.4 Å². The molecule has 1 aromatic rings. The van der Waals surface area contributed by atoms with Crippen LogP contribution in [0.15, 0.2) is 24.3 Å². The van der Waals surface area contributed by atoms with E-state index in [-0.39, 0.29) is 17.2 Å². The molecule has 1 rings (SSSR count). The maximum absolute atomic E-state index is 10.8. The average molecular weight is 238 g/mol. The standard InChI is InChI=1S/C12H18N2O3/c15-10-4-3-8-13-9-7-11-5-1-2-6-12(11)14(16)17/h1-2,5-6,13,15H,3-4,7-10H2. The number of aliphatic hydroxyl groups excluding tert-OH is 1. The van der Waals surface area contributed by atoms with Crippen LogP contribution in [-0.4, -0.2) is 29.7 Å². The molecule has 0 fully saturated rings. The van der Waals surface area contributed by atoms with Gasteiger partial charge in [0, 0.05) is 18.2 Å². The van der Waals surface area contributed by atoms with E-state index in [4.69, 9.17) is 5.11 Å². The second-order valence-corrected chi connectivity index (χ2v) is 3.82. The maximum Gasteiger partial charge on any atom is 0.272 e. The summed E-state index contributed by atoms with van der Waals surface area (Å²) in [5, 5.41) is 22.5. The Morgan fingerprint density at radius 3 is 2.71 bits per heavy atom. The molecule has 17 heavy (non-hydrogen) atoms. The number of hydrogen-bond donors (Lipinski definition) is 2. The third-order valence-electron chi connectivity index (χ3n) is 2.52. The first kappa shape index (κ1) is 13.6. The number of aliphatic hydroxyl groups is 1. The molecule has 1 aromatic carbocycles. The van der Waals surface area contributed by atoms with Crippen molar-refractivity contribution in [2.45, 2.75) is 19.3 Å². The normalized spacial score (nSPS) is 10.4. The number of para-hydroxylation sites is 1. The minimum absolute atomic E-state index is 0.185. The summed E-state index contributed by atoms with van der Waals surface area (Å²) in [4.78, 5) is 10.4. The van der Waals surface area contributed by atoms with Gasteiger partial charge in [0.25, 0.3) is 5.69 Å². The Morgan fingerprint density at radius 2 is 2.00 bits per heavy atom. The van der Waals surface area contributed by atoms with Gasteiger partial charge < -0.3 is 10.4 Å². The van der Waals surface area contributed by atoms with Gasteiger partial charge in [-0.3, -0.25) is 10.1 Å². The van der Waals surface area contributed by atoms with Crippen molar-refractivity contribution in [1.29, 1.82) is 0 Å².